The van der Waals surface area contributed by atoms with Crippen molar-refractivity contribution in [1.82, 2.24) is 5.32 Å². The van der Waals surface area contributed by atoms with Gasteiger partial charge in [-0.25, -0.2) is 0 Å². The van der Waals surface area contributed by atoms with Gasteiger partial charge in [0.05, 0.1) is 5.41 Å². The van der Waals surface area contributed by atoms with Gasteiger partial charge in [0.2, 0.25) is 0 Å². The second-order valence-electron chi connectivity index (χ2n) is 6.01. The zero-order valence-electron chi connectivity index (χ0n) is 12.8. The first-order valence-electron chi connectivity index (χ1n) is 8.02. The van der Waals surface area contributed by atoms with Gasteiger partial charge < -0.3 is 5.32 Å². The molecule has 20 heavy (non-hydrogen) atoms. The van der Waals surface area contributed by atoms with E-state index < -0.39 is 0 Å². The Bertz CT molecular complexity index is 416. The fraction of sp³-hybridized carbons (Fsp3) is 0.611. The molecule has 0 atom stereocenters. The van der Waals surface area contributed by atoms with E-state index in [0.717, 1.165) is 45.2 Å². The monoisotopic (exact) mass is 273 g/mol. The highest BCUT2D eigenvalue weighted by molar-refractivity contribution is 5.90. The first kappa shape index (κ1) is 15.2. The van der Waals surface area contributed by atoms with Crippen LogP contribution in [0.3, 0.4) is 0 Å². The third kappa shape index (κ3) is 3.12. The molecule has 2 nitrogen and oxygen atoms in total. The van der Waals surface area contributed by atoms with Gasteiger partial charge in [0.15, 0.2) is 0 Å². The van der Waals surface area contributed by atoms with E-state index in [9.17, 15) is 4.79 Å². The van der Waals surface area contributed by atoms with Crippen molar-refractivity contribution in [1.29, 1.82) is 0 Å². The van der Waals surface area contributed by atoms with E-state index >= 15 is 0 Å². The van der Waals surface area contributed by atoms with Crippen LogP contribution in [0.1, 0.15) is 51.5 Å². The van der Waals surface area contributed by atoms with Crippen molar-refractivity contribution in [2.75, 3.05) is 13.1 Å². The summed E-state index contributed by atoms with van der Waals surface area (Å²) in [6.45, 7) is 6.28. The number of rotatable bonds is 6. The molecule has 1 aromatic carbocycles. The summed E-state index contributed by atoms with van der Waals surface area (Å²) in [4.78, 5) is 13.0. The predicted molar refractivity (Wildman–Crippen MR) is 83.9 cm³/mol. The molecule has 0 radical (unpaired) electrons. The third-order valence-corrected chi connectivity index (χ3v) is 4.95. The summed E-state index contributed by atoms with van der Waals surface area (Å²) in [5.74, 6) is 0.997. The molecule has 1 heterocycles. The number of carbonyl (C=O) groups excluding carboxylic acids is 1. The number of benzene rings is 1. The van der Waals surface area contributed by atoms with Gasteiger partial charge in [-0.1, -0.05) is 57.0 Å². The quantitative estimate of drug-likeness (QED) is 0.856. The lowest BCUT2D eigenvalue weighted by molar-refractivity contribution is -0.126. The van der Waals surface area contributed by atoms with Crippen LogP contribution < -0.4 is 5.32 Å². The normalized spacial score (nSPS) is 18.1. The maximum atomic E-state index is 13.0. The smallest absolute Gasteiger partial charge is 0.143 e. The third-order valence-electron chi connectivity index (χ3n) is 4.95. The fourth-order valence-corrected chi connectivity index (χ4v) is 3.37. The van der Waals surface area contributed by atoms with Crippen LogP contribution in [0.4, 0.5) is 0 Å². The molecule has 2 rings (SSSR count). The van der Waals surface area contributed by atoms with E-state index in [0.29, 0.717) is 11.7 Å². The molecule has 1 N–H and O–H groups in total. The molecule has 0 unspecified atom stereocenters. The molecule has 0 spiro atoms. The molecule has 0 bridgehead atoms. The summed E-state index contributed by atoms with van der Waals surface area (Å²) in [6, 6.07) is 10.4. The number of carbonyl (C=O) groups is 1. The van der Waals surface area contributed by atoms with Crippen molar-refractivity contribution in [2.45, 2.75) is 51.4 Å². The predicted octanol–water partition coefficient (Wildman–Crippen LogP) is 3.70. The minimum atomic E-state index is -0.241. The van der Waals surface area contributed by atoms with E-state index in [-0.39, 0.29) is 5.41 Å². The van der Waals surface area contributed by atoms with Gasteiger partial charge in [-0.3, -0.25) is 4.79 Å². The van der Waals surface area contributed by atoms with Crippen molar-refractivity contribution in [3.63, 3.8) is 0 Å². The van der Waals surface area contributed by atoms with Gasteiger partial charge in [-0.2, -0.15) is 0 Å². The van der Waals surface area contributed by atoms with Gasteiger partial charge in [0.1, 0.15) is 5.78 Å². The molecule has 0 aromatic heterocycles. The number of Topliss-reactive ketones (excluding diaryl/α,β-unsaturated/α-hetero) is 1. The topological polar surface area (TPSA) is 29.1 Å². The second kappa shape index (κ2) is 7.03. The Kier molecular flexibility index (Phi) is 5.36. The molecule has 1 aliphatic heterocycles. The molecule has 110 valence electrons. The lowest BCUT2D eigenvalue weighted by Crippen LogP contribution is -2.46. The highest BCUT2D eigenvalue weighted by Gasteiger charge is 2.40. The van der Waals surface area contributed by atoms with Crippen LogP contribution in [0.5, 0.6) is 0 Å². The van der Waals surface area contributed by atoms with Crippen molar-refractivity contribution in [3.05, 3.63) is 35.9 Å². The van der Waals surface area contributed by atoms with Crippen LogP contribution in [0.2, 0.25) is 0 Å². The van der Waals surface area contributed by atoms with Gasteiger partial charge in [-0.15, -0.1) is 0 Å². The standard InChI is InChI=1S/C18H27NO/c1-3-15(4-2)14-17(20)18(10-12-19-13-11-18)16-8-6-5-7-9-16/h5-9,15,19H,3-4,10-14H2,1-2H3. The maximum absolute atomic E-state index is 13.0. The van der Waals surface area contributed by atoms with Crippen LogP contribution in [0.25, 0.3) is 0 Å². The summed E-state index contributed by atoms with van der Waals surface area (Å²) in [5, 5.41) is 3.39. The Morgan fingerprint density at radius 1 is 1.15 bits per heavy atom. The van der Waals surface area contributed by atoms with Gasteiger partial charge in [0.25, 0.3) is 0 Å². The molecule has 2 heteroatoms. The van der Waals surface area contributed by atoms with Crippen LogP contribution >= 0.6 is 0 Å². The largest absolute Gasteiger partial charge is 0.317 e. The molecule has 1 saturated heterocycles. The Labute approximate surface area is 123 Å². The van der Waals surface area contributed by atoms with E-state index in [1.165, 1.54) is 5.56 Å². The minimum Gasteiger partial charge on any atom is -0.317 e. The van der Waals surface area contributed by atoms with Crippen molar-refractivity contribution in [3.8, 4) is 0 Å². The van der Waals surface area contributed by atoms with E-state index in [4.69, 9.17) is 0 Å². The Hall–Kier alpha value is -1.15. The molecular formula is C18H27NO. The SMILES string of the molecule is CCC(CC)CC(=O)C1(c2ccccc2)CCNCC1. The van der Waals surface area contributed by atoms with E-state index in [1.54, 1.807) is 0 Å². The number of hydrogen-bond donors (Lipinski definition) is 1. The maximum Gasteiger partial charge on any atom is 0.143 e. The van der Waals surface area contributed by atoms with Crippen molar-refractivity contribution >= 4 is 5.78 Å². The van der Waals surface area contributed by atoms with Crippen molar-refractivity contribution < 1.29 is 4.79 Å². The van der Waals surface area contributed by atoms with Crippen molar-refractivity contribution in [2.24, 2.45) is 5.92 Å². The average molecular weight is 273 g/mol. The summed E-state index contributed by atoms with van der Waals surface area (Å²) >= 11 is 0. The number of nitrogens with one attached hydrogen (secondary N) is 1. The van der Waals surface area contributed by atoms with Gasteiger partial charge >= 0.3 is 0 Å². The molecule has 1 aliphatic rings. The molecule has 0 saturated carbocycles. The molecule has 0 amide bonds. The summed E-state index contributed by atoms with van der Waals surface area (Å²) < 4.78 is 0. The lowest BCUT2D eigenvalue weighted by atomic mass is 9.68. The van der Waals surface area contributed by atoms with Gasteiger partial charge in [-0.05, 0) is 37.4 Å². The van der Waals surface area contributed by atoms with Crippen LogP contribution in [-0.4, -0.2) is 18.9 Å². The Morgan fingerprint density at radius 3 is 2.30 bits per heavy atom. The van der Waals surface area contributed by atoms with Crippen LogP contribution in [0.15, 0.2) is 30.3 Å². The number of hydrogen-bond acceptors (Lipinski definition) is 2. The Morgan fingerprint density at radius 2 is 1.75 bits per heavy atom. The van der Waals surface area contributed by atoms with Crippen LogP contribution in [-0.2, 0) is 10.2 Å². The molecule has 1 aromatic rings. The summed E-state index contributed by atoms with van der Waals surface area (Å²) in [7, 11) is 0. The zero-order chi connectivity index (χ0) is 14.4. The molecule has 0 aliphatic carbocycles. The van der Waals surface area contributed by atoms with E-state index in [2.05, 4.69) is 43.4 Å². The van der Waals surface area contributed by atoms with E-state index in [1.807, 2.05) is 6.07 Å². The van der Waals surface area contributed by atoms with Crippen LogP contribution in [0, 0.1) is 5.92 Å². The Balaban J connectivity index is 2.25. The highest BCUT2D eigenvalue weighted by Crippen LogP contribution is 2.36. The second-order valence-corrected chi connectivity index (χ2v) is 6.01. The highest BCUT2D eigenvalue weighted by atomic mass is 16.1. The lowest BCUT2D eigenvalue weighted by Gasteiger charge is -2.37. The summed E-state index contributed by atoms with van der Waals surface area (Å²) in [5.41, 5.74) is 0.979. The van der Waals surface area contributed by atoms with Gasteiger partial charge in [0, 0.05) is 6.42 Å². The average Bonchev–Trinajstić information content (AvgIpc) is 2.53. The minimum absolute atomic E-state index is 0.241. The molecular weight excluding hydrogens is 246 g/mol. The summed E-state index contributed by atoms with van der Waals surface area (Å²) in [6.07, 6.45) is 4.82. The number of ketones is 1. The molecule has 1 fully saturated rings. The fourth-order valence-electron chi connectivity index (χ4n) is 3.37. The first-order chi connectivity index (χ1) is 9.73. The zero-order valence-corrected chi connectivity index (χ0v) is 12.8. The first-order valence-corrected chi connectivity index (χ1v) is 8.02. The number of piperidine rings is 1.